The van der Waals surface area contributed by atoms with Crippen LogP contribution < -0.4 is 11.1 Å². The summed E-state index contributed by atoms with van der Waals surface area (Å²) in [7, 11) is 1.67. The van der Waals surface area contributed by atoms with E-state index in [1.807, 2.05) is 0 Å². The first kappa shape index (κ1) is 22.3. The predicted octanol–water partition coefficient (Wildman–Crippen LogP) is 1.40. The van der Waals surface area contributed by atoms with Crippen LogP contribution in [0.4, 0.5) is 13.2 Å². The van der Waals surface area contributed by atoms with E-state index in [-0.39, 0.29) is 41.8 Å². The molecule has 3 N–H and O–H groups in total. The Morgan fingerprint density at radius 1 is 1.28 bits per heavy atom. The van der Waals surface area contributed by atoms with Crippen molar-refractivity contribution in [1.82, 2.24) is 15.1 Å². The van der Waals surface area contributed by atoms with Crippen LogP contribution in [0.25, 0.3) is 0 Å². The van der Waals surface area contributed by atoms with E-state index in [2.05, 4.69) is 15.2 Å². The normalized spacial score (nSPS) is 25.6. The first-order valence-corrected chi connectivity index (χ1v) is 8.32. The maximum Gasteiger partial charge on any atom is 0.401 e. The number of nitrogens with zero attached hydrogens (tertiary/aromatic N) is 3. The summed E-state index contributed by atoms with van der Waals surface area (Å²) in [5.74, 6) is 0.603. The van der Waals surface area contributed by atoms with Crippen LogP contribution in [-0.4, -0.2) is 73.7 Å². The summed E-state index contributed by atoms with van der Waals surface area (Å²) in [6.07, 6.45) is -1.24. The van der Waals surface area contributed by atoms with Crippen LogP contribution in [0.5, 0.6) is 0 Å². The van der Waals surface area contributed by atoms with Gasteiger partial charge < -0.3 is 16.0 Å². The van der Waals surface area contributed by atoms with Crippen LogP contribution in [0.1, 0.15) is 25.7 Å². The summed E-state index contributed by atoms with van der Waals surface area (Å²) >= 11 is 0. The first-order chi connectivity index (χ1) is 11.3. The zero-order chi connectivity index (χ0) is 17.7. The fraction of sp³-hybridized carbons (Fsp3) is 0.867. The van der Waals surface area contributed by atoms with Gasteiger partial charge in [-0.3, -0.25) is 14.7 Å². The number of amides is 1. The Hall–Kier alpha value is -0.780. The molecule has 2 rings (SSSR count). The molecule has 146 valence electrons. The quantitative estimate of drug-likeness (QED) is 0.365. The average Bonchev–Trinajstić information content (AvgIpc) is 2.89. The molecule has 10 heteroatoms. The van der Waals surface area contributed by atoms with Crippen molar-refractivity contribution in [2.45, 2.75) is 37.9 Å². The summed E-state index contributed by atoms with van der Waals surface area (Å²) in [5, 5.41) is 3.28. The van der Waals surface area contributed by atoms with E-state index >= 15 is 0 Å². The van der Waals surface area contributed by atoms with Crippen molar-refractivity contribution in [3.8, 4) is 0 Å². The number of piperidine rings is 1. The van der Waals surface area contributed by atoms with Gasteiger partial charge in [0.2, 0.25) is 5.91 Å². The lowest BCUT2D eigenvalue weighted by Gasteiger charge is -2.35. The molecule has 2 heterocycles. The van der Waals surface area contributed by atoms with Crippen LogP contribution in [-0.2, 0) is 4.79 Å². The lowest BCUT2D eigenvalue weighted by atomic mass is 9.95. The highest BCUT2D eigenvalue weighted by Gasteiger charge is 2.35. The van der Waals surface area contributed by atoms with Gasteiger partial charge in [0.1, 0.15) is 0 Å². The van der Waals surface area contributed by atoms with E-state index in [0.29, 0.717) is 38.4 Å². The third kappa shape index (κ3) is 7.55. The van der Waals surface area contributed by atoms with E-state index in [4.69, 9.17) is 5.73 Å². The highest BCUT2D eigenvalue weighted by Crippen LogP contribution is 2.21. The number of nitrogens with one attached hydrogen (secondary N) is 1. The molecule has 6 nitrogen and oxygen atoms in total. The number of hydrogen-bond acceptors (Lipinski definition) is 3. The number of halogens is 4. The van der Waals surface area contributed by atoms with Crippen LogP contribution in [0.15, 0.2) is 4.99 Å². The van der Waals surface area contributed by atoms with Gasteiger partial charge in [-0.2, -0.15) is 13.2 Å². The lowest BCUT2D eigenvalue weighted by molar-refractivity contribution is -0.143. The second-order valence-corrected chi connectivity index (χ2v) is 6.65. The molecule has 2 saturated heterocycles. The number of hydrogen-bond donors (Lipinski definition) is 2. The van der Waals surface area contributed by atoms with Gasteiger partial charge in [0.05, 0.1) is 6.54 Å². The molecule has 2 unspecified atom stereocenters. The maximum atomic E-state index is 12.5. The van der Waals surface area contributed by atoms with E-state index in [1.54, 1.807) is 7.05 Å². The molecule has 1 amide bonds. The van der Waals surface area contributed by atoms with Crippen LogP contribution in [0.3, 0.4) is 0 Å². The molecular weight excluding hydrogens is 450 g/mol. The van der Waals surface area contributed by atoms with Gasteiger partial charge in [-0.15, -0.1) is 24.0 Å². The highest BCUT2D eigenvalue weighted by atomic mass is 127. The lowest BCUT2D eigenvalue weighted by Crippen LogP contribution is -2.50. The molecule has 2 atom stereocenters. The zero-order valence-corrected chi connectivity index (χ0v) is 16.7. The Morgan fingerprint density at radius 3 is 2.60 bits per heavy atom. The fourth-order valence-electron chi connectivity index (χ4n) is 3.54. The molecule has 0 radical (unpaired) electrons. The van der Waals surface area contributed by atoms with Gasteiger partial charge >= 0.3 is 6.18 Å². The Morgan fingerprint density at radius 2 is 2.00 bits per heavy atom. The minimum absolute atomic E-state index is 0. The van der Waals surface area contributed by atoms with Gasteiger partial charge in [-0.05, 0) is 25.2 Å². The van der Waals surface area contributed by atoms with Crippen molar-refractivity contribution < 1.29 is 18.0 Å². The molecule has 0 aromatic carbocycles. The van der Waals surface area contributed by atoms with Crippen LogP contribution in [0, 0.1) is 5.92 Å². The molecule has 2 aliphatic heterocycles. The molecule has 2 fully saturated rings. The zero-order valence-electron chi connectivity index (χ0n) is 14.4. The second-order valence-electron chi connectivity index (χ2n) is 6.65. The number of likely N-dealkylation sites (tertiary alicyclic amines) is 2. The summed E-state index contributed by atoms with van der Waals surface area (Å²) < 4.78 is 37.4. The number of nitrogens with two attached hydrogens (primary N) is 1. The number of primary amides is 1. The summed E-state index contributed by atoms with van der Waals surface area (Å²) in [5.41, 5.74) is 5.27. The Bertz CT molecular complexity index is 475. The smallest absolute Gasteiger partial charge is 0.370 e. The topological polar surface area (TPSA) is 74.0 Å². The molecule has 0 bridgehead atoms. The summed E-state index contributed by atoms with van der Waals surface area (Å²) in [6.45, 7) is 1.44. The monoisotopic (exact) mass is 477 g/mol. The van der Waals surface area contributed by atoms with Gasteiger partial charge in [-0.1, -0.05) is 0 Å². The van der Waals surface area contributed by atoms with Gasteiger partial charge in [0, 0.05) is 45.7 Å². The van der Waals surface area contributed by atoms with Crippen LogP contribution >= 0.6 is 24.0 Å². The molecule has 0 aromatic rings. The van der Waals surface area contributed by atoms with E-state index in [1.165, 1.54) is 4.90 Å². The highest BCUT2D eigenvalue weighted by molar-refractivity contribution is 14.0. The molecular formula is C15H27F3IN5O. The number of carbonyl (C=O) groups excluding carboxylic acids is 1. The van der Waals surface area contributed by atoms with Crippen molar-refractivity contribution in [2.24, 2.45) is 16.6 Å². The maximum absolute atomic E-state index is 12.5. The molecule has 2 aliphatic rings. The third-order valence-electron chi connectivity index (χ3n) is 4.53. The number of rotatable bonds is 4. The SMILES string of the molecule is CN=C(NC1CCN(CC(F)(F)F)C1)N1CCCC(CC(N)=O)C1.I. The predicted molar refractivity (Wildman–Crippen MR) is 101 cm³/mol. The third-order valence-corrected chi connectivity index (χ3v) is 4.53. The van der Waals surface area contributed by atoms with E-state index < -0.39 is 12.7 Å². The van der Waals surface area contributed by atoms with Crippen molar-refractivity contribution in [3.63, 3.8) is 0 Å². The molecule has 0 spiro atoms. The van der Waals surface area contributed by atoms with Crippen molar-refractivity contribution in [2.75, 3.05) is 39.8 Å². The average molecular weight is 477 g/mol. The number of aliphatic imine (C=N–C) groups is 1. The Labute approximate surface area is 163 Å². The Balaban J connectivity index is 0.00000312. The van der Waals surface area contributed by atoms with E-state index in [0.717, 1.165) is 19.4 Å². The fourth-order valence-corrected chi connectivity index (χ4v) is 3.54. The van der Waals surface area contributed by atoms with Crippen LogP contribution in [0.2, 0.25) is 0 Å². The van der Waals surface area contributed by atoms with Crippen molar-refractivity contribution in [3.05, 3.63) is 0 Å². The molecule has 25 heavy (non-hydrogen) atoms. The summed E-state index contributed by atoms with van der Waals surface area (Å²) in [4.78, 5) is 18.9. The van der Waals surface area contributed by atoms with E-state index in [9.17, 15) is 18.0 Å². The molecule has 0 aromatic heterocycles. The largest absolute Gasteiger partial charge is 0.401 e. The first-order valence-electron chi connectivity index (χ1n) is 8.32. The van der Waals surface area contributed by atoms with Gasteiger partial charge in [-0.25, -0.2) is 0 Å². The van der Waals surface area contributed by atoms with Gasteiger partial charge in [0.25, 0.3) is 0 Å². The molecule has 0 saturated carbocycles. The number of guanidine groups is 1. The molecule has 0 aliphatic carbocycles. The number of alkyl halides is 3. The van der Waals surface area contributed by atoms with Crippen molar-refractivity contribution >= 4 is 35.8 Å². The second kappa shape index (κ2) is 9.79. The standard InChI is InChI=1S/C15H26F3N5O.HI/c1-20-14(23-5-2-3-11(8-23)7-13(19)24)21-12-4-6-22(9-12)10-15(16,17)18;/h11-12H,2-10H2,1H3,(H2,19,24)(H,20,21);1H. The minimum atomic E-state index is -4.16. The Kier molecular flexibility index (Phi) is 8.72. The minimum Gasteiger partial charge on any atom is -0.370 e. The summed E-state index contributed by atoms with van der Waals surface area (Å²) in [6, 6.07) is -0.0393. The number of carbonyl (C=O) groups is 1. The van der Waals surface area contributed by atoms with Crippen molar-refractivity contribution in [1.29, 1.82) is 0 Å². The van der Waals surface area contributed by atoms with Gasteiger partial charge in [0.15, 0.2) is 5.96 Å².